The Hall–Kier alpha value is -3.25. The number of benzene rings is 3. The summed E-state index contributed by atoms with van der Waals surface area (Å²) in [6.07, 6.45) is 0. The molecule has 3 heteroatoms. The molecule has 1 aromatic heterocycles. The number of para-hydroxylation sites is 2. The van der Waals surface area contributed by atoms with Gasteiger partial charge in [-0.05, 0) is 36.4 Å². The van der Waals surface area contributed by atoms with Crippen LogP contribution in [0.4, 0.5) is 11.4 Å². The molecule has 0 amide bonds. The van der Waals surface area contributed by atoms with Crippen molar-refractivity contribution in [2.24, 2.45) is 0 Å². The second kappa shape index (κ2) is 4.94. The quantitative estimate of drug-likeness (QED) is 0.550. The molecule has 0 aliphatic rings. The van der Waals surface area contributed by atoms with Gasteiger partial charge in [0, 0.05) is 16.5 Å². The molecule has 22 heavy (non-hydrogen) atoms. The van der Waals surface area contributed by atoms with Gasteiger partial charge in [0.2, 0.25) is 0 Å². The Morgan fingerprint density at radius 1 is 0.955 bits per heavy atom. The fourth-order valence-corrected chi connectivity index (χ4v) is 2.56. The summed E-state index contributed by atoms with van der Waals surface area (Å²) in [7, 11) is 0. The Morgan fingerprint density at radius 3 is 2.59 bits per heavy atom. The molecule has 0 aliphatic carbocycles. The van der Waals surface area contributed by atoms with Crippen molar-refractivity contribution in [1.29, 1.82) is 5.26 Å². The van der Waals surface area contributed by atoms with E-state index in [9.17, 15) is 0 Å². The molecule has 4 rings (SSSR count). The van der Waals surface area contributed by atoms with E-state index in [-0.39, 0.29) is 0 Å². The van der Waals surface area contributed by atoms with E-state index < -0.39 is 0 Å². The normalized spacial score (nSPS) is 11.3. The van der Waals surface area contributed by atoms with Gasteiger partial charge in [0.1, 0.15) is 5.58 Å². The van der Waals surface area contributed by atoms with E-state index >= 15 is 0 Å². The summed E-state index contributed by atoms with van der Waals surface area (Å²) in [6, 6.07) is 21.2. The summed E-state index contributed by atoms with van der Waals surface area (Å²) in [5, 5.41) is 14.1. The van der Waals surface area contributed by atoms with Crippen molar-refractivity contribution in [3.05, 3.63) is 72.3 Å². The molecule has 0 radical (unpaired) electrons. The van der Waals surface area contributed by atoms with Gasteiger partial charge < -0.3 is 9.73 Å². The van der Waals surface area contributed by atoms with Crippen LogP contribution in [0.3, 0.4) is 0 Å². The summed E-state index contributed by atoms with van der Waals surface area (Å²) in [4.78, 5) is 0. The zero-order valence-corrected chi connectivity index (χ0v) is 11.6. The lowest BCUT2D eigenvalue weighted by atomic mass is 10.1. The van der Waals surface area contributed by atoms with Crippen molar-refractivity contribution in [2.75, 3.05) is 5.32 Å². The number of furan rings is 1. The van der Waals surface area contributed by atoms with Gasteiger partial charge in [-0.2, -0.15) is 5.26 Å². The van der Waals surface area contributed by atoms with Gasteiger partial charge in [-0.3, -0.25) is 0 Å². The fourth-order valence-electron chi connectivity index (χ4n) is 2.56. The molecule has 0 unspecified atom stereocenters. The Kier molecular flexibility index (Phi) is 2.56. The molecular formula is C19H12N2O. The van der Waals surface area contributed by atoms with E-state index in [1.165, 1.54) is 0 Å². The van der Waals surface area contributed by atoms with Crippen LogP contribution in [0.5, 0.6) is 0 Å². The molecule has 1 heterocycles. The Morgan fingerprint density at radius 2 is 1.77 bits per heavy atom. The lowest BCUT2D eigenvalue weighted by Gasteiger charge is -2.06. The molecule has 0 spiro atoms. The average Bonchev–Trinajstić information content (AvgIpc) is 2.97. The Bertz CT molecular complexity index is 1060. The van der Waals surface area contributed by atoms with Gasteiger partial charge >= 0.3 is 0 Å². The molecule has 104 valence electrons. The van der Waals surface area contributed by atoms with Crippen LogP contribution in [-0.4, -0.2) is 0 Å². The fraction of sp³-hybridized carbons (Fsp3) is 0. The molecule has 4 aromatic rings. The largest absolute Gasteiger partial charge is 0.454 e. The van der Waals surface area contributed by atoms with Crippen molar-refractivity contribution in [3.63, 3.8) is 0 Å². The predicted molar refractivity (Wildman–Crippen MR) is 88.2 cm³/mol. The maximum atomic E-state index is 8.86. The number of hydrogen-bond acceptors (Lipinski definition) is 3. The first-order valence-corrected chi connectivity index (χ1v) is 6.94. The summed E-state index contributed by atoms with van der Waals surface area (Å²) in [6.45, 7) is 0. The van der Waals surface area contributed by atoms with Crippen LogP contribution in [0.2, 0.25) is 0 Å². The molecule has 0 bridgehead atoms. The summed E-state index contributed by atoms with van der Waals surface area (Å²) in [5.74, 6) is 0. The van der Waals surface area contributed by atoms with Gasteiger partial charge in [-0.15, -0.1) is 0 Å². The second-order valence-corrected chi connectivity index (χ2v) is 5.01. The third kappa shape index (κ3) is 1.99. The highest BCUT2D eigenvalue weighted by molar-refractivity contribution is 6.09. The number of hydrogen-bond donors (Lipinski definition) is 1. The molecule has 0 aliphatic heterocycles. The number of anilines is 2. The van der Waals surface area contributed by atoms with Gasteiger partial charge in [0.25, 0.3) is 0 Å². The highest BCUT2D eigenvalue weighted by atomic mass is 16.3. The van der Waals surface area contributed by atoms with Crippen molar-refractivity contribution >= 4 is 33.3 Å². The minimum absolute atomic E-state index is 0.378. The minimum Gasteiger partial charge on any atom is -0.454 e. The van der Waals surface area contributed by atoms with E-state index in [2.05, 4.69) is 11.4 Å². The van der Waals surface area contributed by atoms with E-state index in [0.29, 0.717) is 17.2 Å². The number of rotatable bonds is 2. The monoisotopic (exact) mass is 285 g/mol. The molecule has 3 nitrogen and oxygen atoms in total. The van der Waals surface area contributed by atoms with Crippen molar-refractivity contribution in [3.8, 4) is 6.07 Å². The number of nitrogens with zero attached hydrogens (tertiary/aromatic N) is 1. The van der Waals surface area contributed by atoms with E-state index in [1.807, 2.05) is 42.5 Å². The first-order valence-electron chi connectivity index (χ1n) is 7.44. The van der Waals surface area contributed by atoms with Crippen LogP contribution >= 0.6 is 0 Å². The molecule has 3 aromatic carbocycles. The smallest absolute Gasteiger partial charge is 0.158 e. The molecule has 1 N–H and O–H groups in total. The van der Waals surface area contributed by atoms with Crippen LogP contribution in [0.25, 0.3) is 21.9 Å². The maximum absolute atomic E-state index is 8.86. The standard InChI is InChI=1S/C19H12N2O/c20-12-13-8-10-14(11-9-13)21-17-6-3-5-16-15-4-1-2-7-18(15)22-19(16)17/h1-11,21H/i7D. The van der Waals surface area contributed by atoms with Crippen LogP contribution < -0.4 is 5.32 Å². The molecule has 0 fully saturated rings. The maximum Gasteiger partial charge on any atom is 0.158 e. The van der Waals surface area contributed by atoms with Gasteiger partial charge in [-0.25, -0.2) is 0 Å². The topological polar surface area (TPSA) is 49.0 Å². The lowest BCUT2D eigenvalue weighted by molar-refractivity contribution is 0.670. The molecule has 0 atom stereocenters. The van der Waals surface area contributed by atoms with E-state index in [0.717, 1.165) is 27.7 Å². The molecule has 0 saturated carbocycles. The summed E-state index contributed by atoms with van der Waals surface area (Å²) < 4.78 is 13.9. The zero-order valence-electron chi connectivity index (χ0n) is 12.6. The van der Waals surface area contributed by atoms with Gasteiger partial charge in [0.15, 0.2) is 5.58 Å². The van der Waals surface area contributed by atoms with Crippen LogP contribution in [0.1, 0.15) is 6.93 Å². The Labute approximate surface area is 128 Å². The molecular weight excluding hydrogens is 272 g/mol. The zero-order chi connectivity index (χ0) is 15.8. The second-order valence-electron chi connectivity index (χ2n) is 5.01. The SMILES string of the molecule is [2H]c1cccc2c1oc1c(Nc3ccc(C#N)cc3)cccc12. The predicted octanol–water partition coefficient (Wildman–Crippen LogP) is 5.20. The lowest BCUT2D eigenvalue weighted by Crippen LogP contribution is -1.90. The first kappa shape index (κ1) is 11.4. The number of nitrogens with one attached hydrogen (secondary N) is 1. The Balaban J connectivity index is 1.85. The highest BCUT2D eigenvalue weighted by Gasteiger charge is 2.10. The highest BCUT2D eigenvalue weighted by Crippen LogP contribution is 2.34. The van der Waals surface area contributed by atoms with E-state index in [1.54, 1.807) is 18.2 Å². The van der Waals surface area contributed by atoms with E-state index in [4.69, 9.17) is 11.0 Å². The minimum atomic E-state index is 0.378. The number of fused-ring (bicyclic) bond motifs is 3. The first-order chi connectivity index (χ1) is 11.3. The van der Waals surface area contributed by atoms with Crippen LogP contribution in [0, 0.1) is 11.3 Å². The third-order valence-corrected chi connectivity index (χ3v) is 3.62. The molecule has 0 saturated heterocycles. The van der Waals surface area contributed by atoms with Crippen LogP contribution in [-0.2, 0) is 0 Å². The summed E-state index contributed by atoms with van der Waals surface area (Å²) in [5.41, 5.74) is 3.66. The number of nitriles is 1. The van der Waals surface area contributed by atoms with Crippen LogP contribution in [0.15, 0.2) is 71.1 Å². The van der Waals surface area contributed by atoms with Crippen molar-refractivity contribution in [2.45, 2.75) is 0 Å². The van der Waals surface area contributed by atoms with Crippen molar-refractivity contribution < 1.29 is 5.79 Å². The van der Waals surface area contributed by atoms with Gasteiger partial charge in [-0.1, -0.05) is 30.3 Å². The summed E-state index contributed by atoms with van der Waals surface area (Å²) >= 11 is 0. The average molecular weight is 285 g/mol. The van der Waals surface area contributed by atoms with Gasteiger partial charge in [0.05, 0.1) is 18.7 Å². The van der Waals surface area contributed by atoms with Crippen molar-refractivity contribution in [1.82, 2.24) is 0 Å². The third-order valence-electron chi connectivity index (χ3n) is 3.62.